The Bertz CT molecular complexity index is 536. The molecule has 2 rings (SSSR count). The molecule has 1 amide bonds. The lowest BCUT2D eigenvalue weighted by Crippen LogP contribution is -2.49. The molecule has 1 aliphatic heterocycles. The summed E-state index contributed by atoms with van der Waals surface area (Å²) in [7, 11) is 1.74. The minimum absolute atomic E-state index is 0.204. The van der Waals surface area contributed by atoms with Crippen LogP contribution >= 0.6 is 0 Å². The summed E-state index contributed by atoms with van der Waals surface area (Å²) >= 11 is 0. The molecule has 6 heteroatoms. The highest BCUT2D eigenvalue weighted by atomic mass is 16.2. The van der Waals surface area contributed by atoms with Gasteiger partial charge in [-0.2, -0.15) is 0 Å². The third-order valence-corrected chi connectivity index (χ3v) is 4.03. The number of anilines is 1. The van der Waals surface area contributed by atoms with Crippen LogP contribution in [0.4, 0.5) is 5.69 Å². The lowest BCUT2D eigenvalue weighted by atomic mass is 10.2. The first-order valence-corrected chi connectivity index (χ1v) is 8.65. The zero-order chi connectivity index (χ0) is 17.4. The predicted octanol–water partition coefficient (Wildman–Crippen LogP) is 1.30. The van der Waals surface area contributed by atoms with E-state index in [9.17, 15) is 4.79 Å². The molecule has 0 spiro atoms. The number of rotatable bonds is 5. The number of benzene rings is 1. The third-order valence-electron chi connectivity index (χ3n) is 4.03. The van der Waals surface area contributed by atoms with Crippen molar-refractivity contribution in [3.8, 4) is 0 Å². The van der Waals surface area contributed by atoms with Crippen molar-refractivity contribution in [1.82, 2.24) is 15.5 Å². The molecule has 24 heavy (non-hydrogen) atoms. The Morgan fingerprint density at radius 2 is 1.83 bits per heavy atom. The van der Waals surface area contributed by atoms with Gasteiger partial charge in [0, 0.05) is 57.9 Å². The number of guanidine groups is 1. The van der Waals surface area contributed by atoms with Crippen LogP contribution in [0, 0.1) is 0 Å². The van der Waals surface area contributed by atoms with Gasteiger partial charge in [0.05, 0.1) is 0 Å². The van der Waals surface area contributed by atoms with Gasteiger partial charge in [0.2, 0.25) is 5.91 Å². The van der Waals surface area contributed by atoms with Gasteiger partial charge in [0.1, 0.15) is 0 Å². The van der Waals surface area contributed by atoms with Gasteiger partial charge < -0.3 is 20.4 Å². The summed E-state index contributed by atoms with van der Waals surface area (Å²) in [6.07, 6.45) is 0.490. The van der Waals surface area contributed by atoms with E-state index in [1.54, 1.807) is 7.05 Å². The van der Waals surface area contributed by atoms with E-state index in [0.29, 0.717) is 19.0 Å². The normalized spacial score (nSPS) is 15.6. The molecule has 6 nitrogen and oxygen atoms in total. The average molecular weight is 331 g/mol. The predicted molar refractivity (Wildman–Crippen MR) is 99.5 cm³/mol. The van der Waals surface area contributed by atoms with Crippen molar-refractivity contribution in [3.05, 3.63) is 30.3 Å². The summed E-state index contributed by atoms with van der Waals surface area (Å²) in [5.74, 6) is 0.946. The van der Waals surface area contributed by atoms with Gasteiger partial charge in [0.25, 0.3) is 0 Å². The van der Waals surface area contributed by atoms with Crippen molar-refractivity contribution in [1.29, 1.82) is 0 Å². The second kappa shape index (κ2) is 9.15. The van der Waals surface area contributed by atoms with E-state index in [2.05, 4.69) is 58.6 Å². The molecular formula is C18H29N5O. The number of hydrogen-bond donors (Lipinski definition) is 2. The fraction of sp³-hybridized carbons (Fsp3) is 0.556. The number of nitrogens with zero attached hydrogens (tertiary/aromatic N) is 3. The Morgan fingerprint density at radius 1 is 1.17 bits per heavy atom. The van der Waals surface area contributed by atoms with Crippen LogP contribution in [0.25, 0.3) is 0 Å². The SMILES string of the molecule is CN=C(NCCC(=O)N1CCN(c2ccccc2)CC1)NC(C)C. The fourth-order valence-electron chi connectivity index (χ4n) is 2.77. The fourth-order valence-corrected chi connectivity index (χ4v) is 2.77. The molecule has 1 saturated heterocycles. The maximum Gasteiger partial charge on any atom is 0.224 e. The van der Waals surface area contributed by atoms with Crippen LogP contribution in [0.2, 0.25) is 0 Å². The standard InChI is InChI=1S/C18H29N5O/c1-15(2)21-18(19-3)20-10-9-17(24)23-13-11-22(12-14-23)16-7-5-4-6-8-16/h4-8,15H,9-14H2,1-3H3,(H2,19,20,21). The second-order valence-corrected chi connectivity index (χ2v) is 6.25. The zero-order valence-corrected chi connectivity index (χ0v) is 15.0. The minimum atomic E-state index is 0.204. The summed E-state index contributed by atoms with van der Waals surface area (Å²) in [4.78, 5) is 20.8. The number of aliphatic imine (C=N–C) groups is 1. The van der Waals surface area contributed by atoms with Gasteiger partial charge in [-0.05, 0) is 26.0 Å². The average Bonchev–Trinajstić information content (AvgIpc) is 2.61. The van der Waals surface area contributed by atoms with Crippen LogP contribution in [-0.4, -0.2) is 62.6 Å². The second-order valence-electron chi connectivity index (χ2n) is 6.25. The van der Waals surface area contributed by atoms with E-state index in [1.165, 1.54) is 5.69 Å². The van der Waals surface area contributed by atoms with E-state index >= 15 is 0 Å². The van der Waals surface area contributed by atoms with Gasteiger partial charge in [-0.25, -0.2) is 0 Å². The number of carbonyl (C=O) groups excluding carboxylic acids is 1. The summed E-state index contributed by atoms with van der Waals surface area (Å²) in [5, 5.41) is 6.40. The van der Waals surface area contributed by atoms with Gasteiger partial charge in [-0.1, -0.05) is 18.2 Å². The number of amides is 1. The van der Waals surface area contributed by atoms with E-state index in [4.69, 9.17) is 0 Å². The van der Waals surface area contributed by atoms with E-state index < -0.39 is 0 Å². The van der Waals surface area contributed by atoms with Crippen LogP contribution in [0.3, 0.4) is 0 Å². The van der Waals surface area contributed by atoms with Gasteiger partial charge in [-0.15, -0.1) is 0 Å². The molecule has 0 unspecified atom stereocenters. The first kappa shape index (κ1) is 18.1. The van der Waals surface area contributed by atoms with Gasteiger partial charge in [0.15, 0.2) is 5.96 Å². The maximum atomic E-state index is 12.3. The van der Waals surface area contributed by atoms with Crippen molar-refractivity contribution in [3.63, 3.8) is 0 Å². The Morgan fingerprint density at radius 3 is 2.42 bits per heavy atom. The summed E-state index contributed by atoms with van der Waals surface area (Å²) in [5.41, 5.74) is 1.23. The molecule has 1 aromatic rings. The quantitative estimate of drug-likeness (QED) is 0.631. The monoisotopic (exact) mass is 331 g/mol. The number of carbonyl (C=O) groups is 1. The number of piperazine rings is 1. The molecule has 1 aromatic carbocycles. The number of hydrogen-bond acceptors (Lipinski definition) is 3. The summed E-state index contributed by atoms with van der Waals surface area (Å²) < 4.78 is 0. The van der Waals surface area contributed by atoms with Crippen molar-refractivity contribution < 1.29 is 4.79 Å². The Kier molecular flexibility index (Phi) is 6.90. The Hall–Kier alpha value is -2.24. The third kappa shape index (κ3) is 5.44. The Labute approximate surface area is 144 Å². The lowest BCUT2D eigenvalue weighted by Gasteiger charge is -2.36. The van der Waals surface area contributed by atoms with Gasteiger partial charge in [-0.3, -0.25) is 9.79 Å². The van der Waals surface area contributed by atoms with Crippen LogP contribution < -0.4 is 15.5 Å². The van der Waals surface area contributed by atoms with Crippen molar-refractivity contribution in [2.75, 3.05) is 44.7 Å². The molecule has 0 bridgehead atoms. The van der Waals surface area contributed by atoms with E-state index in [-0.39, 0.29) is 5.91 Å². The molecular weight excluding hydrogens is 302 g/mol. The van der Waals surface area contributed by atoms with Crippen molar-refractivity contribution in [2.45, 2.75) is 26.3 Å². The lowest BCUT2D eigenvalue weighted by molar-refractivity contribution is -0.131. The molecule has 1 heterocycles. The minimum Gasteiger partial charge on any atom is -0.368 e. The summed E-state index contributed by atoms with van der Waals surface area (Å²) in [6, 6.07) is 10.7. The molecule has 0 aromatic heterocycles. The molecule has 132 valence electrons. The molecule has 1 aliphatic rings. The highest BCUT2D eigenvalue weighted by Gasteiger charge is 2.20. The number of para-hydroxylation sites is 1. The molecule has 0 radical (unpaired) electrons. The molecule has 2 N–H and O–H groups in total. The van der Waals surface area contributed by atoms with Crippen molar-refractivity contribution >= 4 is 17.6 Å². The smallest absolute Gasteiger partial charge is 0.224 e. The van der Waals surface area contributed by atoms with Crippen LogP contribution in [0.5, 0.6) is 0 Å². The van der Waals surface area contributed by atoms with E-state index in [0.717, 1.165) is 32.1 Å². The zero-order valence-electron chi connectivity index (χ0n) is 15.0. The Balaban J connectivity index is 1.71. The maximum absolute atomic E-state index is 12.3. The van der Waals surface area contributed by atoms with Crippen LogP contribution in [0.1, 0.15) is 20.3 Å². The van der Waals surface area contributed by atoms with Crippen LogP contribution in [0.15, 0.2) is 35.3 Å². The molecule has 0 saturated carbocycles. The molecule has 1 fully saturated rings. The van der Waals surface area contributed by atoms with Crippen LogP contribution in [-0.2, 0) is 4.79 Å². The largest absolute Gasteiger partial charge is 0.368 e. The topological polar surface area (TPSA) is 60.0 Å². The first-order valence-electron chi connectivity index (χ1n) is 8.65. The summed E-state index contributed by atoms with van der Waals surface area (Å²) in [6.45, 7) is 8.07. The van der Waals surface area contributed by atoms with E-state index in [1.807, 2.05) is 11.0 Å². The van der Waals surface area contributed by atoms with Gasteiger partial charge >= 0.3 is 0 Å². The number of nitrogens with one attached hydrogen (secondary N) is 2. The molecule has 0 atom stereocenters. The molecule has 0 aliphatic carbocycles. The highest BCUT2D eigenvalue weighted by molar-refractivity contribution is 5.81. The van der Waals surface area contributed by atoms with Crippen molar-refractivity contribution in [2.24, 2.45) is 4.99 Å². The highest BCUT2D eigenvalue weighted by Crippen LogP contribution is 2.15. The first-order chi connectivity index (χ1) is 11.6.